The van der Waals surface area contributed by atoms with Crippen LogP contribution >= 0.6 is 11.3 Å². The van der Waals surface area contributed by atoms with Crippen molar-refractivity contribution in [2.24, 2.45) is 7.05 Å². The Bertz CT molecular complexity index is 991. The Hall–Kier alpha value is -2.45. The maximum atomic E-state index is 13.1. The molecule has 0 radical (unpaired) electrons. The normalized spacial score (nSPS) is 16.2. The summed E-state index contributed by atoms with van der Waals surface area (Å²) in [5.41, 5.74) is 3.90. The standard InChI is InChI=1S/C21H27N5O2S/c1-14-13-29-19(22-14)12-24(2)15-7-8-18-17(10-15)20(23-26(18)4)21(27)25(3)11-16-6-5-9-28-16/h5-6,9,13,15H,7-8,10-12H2,1-4H3/t15-/m0/s1. The highest BCUT2D eigenvalue weighted by Crippen LogP contribution is 2.28. The minimum atomic E-state index is -0.0582. The van der Waals surface area contributed by atoms with E-state index >= 15 is 0 Å². The predicted molar refractivity (Wildman–Crippen MR) is 112 cm³/mol. The second kappa shape index (κ2) is 8.12. The van der Waals surface area contributed by atoms with Crippen molar-refractivity contribution in [3.8, 4) is 0 Å². The summed E-state index contributed by atoms with van der Waals surface area (Å²) in [5.74, 6) is 0.708. The van der Waals surface area contributed by atoms with E-state index in [1.807, 2.05) is 30.8 Å². The van der Waals surface area contributed by atoms with Gasteiger partial charge in [0.2, 0.25) is 0 Å². The van der Waals surface area contributed by atoms with Gasteiger partial charge in [0.05, 0.1) is 19.4 Å². The van der Waals surface area contributed by atoms with Crippen molar-refractivity contribution < 1.29 is 9.21 Å². The summed E-state index contributed by atoms with van der Waals surface area (Å²) >= 11 is 1.71. The van der Waals surface area contributed by atoms with Crippen LogP contribution in [0.5, 0.6) is 0 Å². The number of carbonyl (C=O) groups excluding carboxylic acids is 1. The predicted octanol–water partition coefficient (Wildman–Crippen LogP) is 3.04. The van der Waals surface area contributed by atoms with Gasteiger partial charge in [0, 0.05) is 42.5 Å². The lowest BCUT2D eigenvalue weighted by molar-refractivity contribution is 0.0767. The Morgan fingerprint density at radius 3 is 2.90 bits per heavy atom. The third-order valence-electron chi connectivity index (χ3n) is 5.63. The highest BCUT2D eigenvalue weighted by molar-refractivity contribution is 7.09. The Labute approximate surface area is 174 Å². The first-order valence-corrected chi connectivity index (χ1v) is 10.7. The van der Waals surface area contributed by atoms with Crippen LogP contribution in [-0.4, -0.2) is 50.6 Å². The van der Waals surface area contributed by atoms with Gasteiger partial charge in [-0.3, -0.25) is 14.4 Å². The second-order valence-corrected chi connectivity index (χ2v) is 8.78. The summed E-state index contributed by atoms with van der Waals surface area (Å²) in [5, 5.41) is 7.82. The molecular weight excluding hydrogens is 386 g/mol. The number of fused-ring (bicyclic) bond motifs is 1. The molecule has 1 amide bonds. The van der Waals surface area contributed by atoms with Gasteiger partial charge in [-0.15, -0.1) is 11.3 Å². The van der Waals surface area contributed by atoms with E-state index in [9.17, 15) is 4.79 Å². The summed E-state index contributed by atoms with van der Waals surface area (Å²) in [6, 6.07) is 4.08. The van der Waals surface area contributed by atoms with Crippen LogP contribution in [0.2, 0.25) is 0 Å². The number of rotatable bonds is 6. The van der Waals surface area contributed by atoms with Gasteiger partial charge in [0.15, 0.2) is 5.69 Å². The SMILES string of the molecule is Cc1csc(CN(C)[C@H]2CCc3c(c(C(=O)N(C)Cc4ccco4)nn3C)C2)n1. The summed E-state index contributed by atoms with van der Waals surface area (Å²) in [6.45, 7) is 3.30. The molecule has 0 aromatic carbocycles. The van der Waals surface area contributed by atoms with E-state index in [1.165, 1.54) is 5.69 Å². The molecule has 1 aliphatic rings. The number of amides is 1. The van der Waals surface area contributed by atoms with E-state index < -0.39 is 0 Å². The first-order chi connectivity index (χ1) is 13.9. The molecule has 3 aromatic heterocycles. The molecule has 29 heavy (non-hydrogen) atoms. The number of aryl methyl sites for hydroxylation is 2. The molecule has 1 aliphatic carbocycles. The number of carbonyl (C=O) groups is 1. The van der Waals surface area contributed by atoms with Crippen molar-refractivity contribution in [1.82, 2.24) is 24.6 Å². The van der Waals surface area contributed by atoms with Crippen LogP contribution in [0, 0.1) is 6.92 Å². The van der Waals surface area contributed by atoms with Gasteiger partial charge in [-0.1, -0.05) is 0 Å². The number of aromatic nitrogens is 3. The Morgan fingerprint density at radius 2 is 2.21 bits per heavy atom. The summed E-state index contributed by atoms with van der Waals surface area (Å²) < 4.78 is 7.26. The number of likely N-dealkylation sites (N-methyl/N-ethyl adjacent to an activating group) is 1. The van der Waals surface area contributed by atoms with Gasteiger partial charge in [-0.25, -0.2) is 4.98 Å². The van der Waals surface area contributed by atoms with Crippen LogP contribution in [0.25, 0.3) is 0 Å². The molecule has 4 rings (SSSR count). The minimum Gasteiger partial charge on any atom is -0.467 e. The lowest BCUT2D eigenvalue weighted by Crippen LogP contribution is -2.37. The maximum absolute atomic E-state index is 13.1. The highest BCUT2D eigenvalue weighted by Gasteiger charge is 2.31. The summed E-state index contributed by atoms with van der Waals surface area (Å²) in [7, 11) is 5.88. The molecular formula is C21H27N5O2S. The molecule has 0 bridgehead atoms. The Balaban J connectivity index is 1.50. The highest BCUT2D eigenvalue weighted by atomic mass is 32.1. The van der Waals surface area contributed by atoms with E-state index in [2.05, 4.69) is 27.4 Å². The van der Waals surface area contributed by atoms with Gasteiger partial charge < -0.3 is 9.32 Å². The number of hydrogen-bond acceptors (Lipinski definition) is 6. The molecule has 0 saturated carbocycles. The molecule has 8 heteroatoms. The number of furan rings is 1. The second-order valence-electron chi connectivity index (χ2n) is 7.83. The fourth-order valence-corrected chi connectivity index (χ4v) is 4.86. The lowest BCUT2D eigenvalue weighted by atomic mass is 9.90. The molecule has 0 saturated heterocycles. The Kier molecular flexibility index (Phi) is 5.56. The quantitative estimate of drug-likeness (QED) is 0.621. The molecule has 0 fully saturated rings. The van der Waals surface area contributed by atoms with Crippen LogP contribution < -0.4 is 0 Å². The van der Waals surface area contributed by atoms with Crippen LogP contribution in [0.4, 0.5) is 0 Å². The molecule has 3 aromatic rings. The van der Waals surface area contributed by atoms with Crippen LogP contribution in [0.15, 0.2) is 28.2 Å². The average molecular weight is 414 g/mol. The van der Waals surface area contributed by atoms with Crippen molar-refractivity contribution in [2.45, 2.75) is 45.3 Å². The third kappa shape index (κ3) is 4.13. The minimum absolute atomic E-state index is 0.0582. The first kappa shape index (κ1) is 19.8. The van der Waals surface area contributed by atoms with Crippen LogP contribution in [0.1, 0.15) is 44.6 Å². The van der Waals surface area contributed by atoms with Crippen molar-refractivity contribution in [2.75, 3.05) is 14.1 Å². The molecule has 3 heterocycles. The van der Waals surface area contributed by atoms with Gasteiger partial charge in [-0.05, 0) is 45.4 Å². The zero-order chi connectivity index (χ0) is 20.5. The maximum Gasteiger partial charge on any atom is 0.274 e. The average Bonchev–Trinajstić information content (AvgIpc) is 3.42. The number of thiazole rings is 1. The largest absolute Gasteiger partial charge is 0.467 e. The molecule has 0 N–H and O–H groups in total. The number of hydrogen-bond donors (Lipinski definition) is 0. The fourth-order valence-electron chi connectivity index (χ4n) is 4.03. The summed E-state index contributed by atoms with van der Waals surface area (Å²) in [6.07, 6.45) is 4.45. The van der Waals surface area contributed by atoms with Gasteiger partial charge in [0.25, 0.3) is 5.91 Å². The van der Waals surface area contributed by atoms with E-state index in [-0.39, 0.29) is 5.91 Å². The third-order valence-corrected chi connectivity index (χ3v) is 6.58. The monoisotopic (exact) mass is 413 g/mol. The van der Waals surface area contributed by atoms with Gasteiger partial charge >= 0.3 is 0 Å². The van der Waals surface area contributed by atoms with Crippen molar-refractivity contribution >= 4 is 17.2 Å². The van der Waals surface area contributed by atoms with Crippen LogP contribution in [-0.2, 0) is 33.0 Å². The first-order valence-electron chi connectivity index (χ1n) is 9.86. The number of nitrogens with zero attached hydrogens (tertiary/aromatic N) is 5. The molecule has 0 aliphatic heterocycles. The molecule has 154 valence electrons. The van der Waals surface area contributed by atoms with E-state index in [4.69, 9.17) is 4.42 Å². The van der Waals surface area contributed by atoms with E-state index in [0.29, 0.717) is 18.3 Å². The van der Waals surface area contributed by atoms with Gasteiger partial charge in [-0.2, -0.15) is 5.10 Å². The smallest absolute Gasteiger partial charge is 0.274 e. The van der Waals surface area contributed by atoms with E-state index in [0.717, 1.165) is 47.8 Å². The van der Waals surface area contributed by atoms with Crippen molar-refractivity contribution in [3.05, 3.63) is 57.2 Å². The summed E-state index contributed by atoms with van der Waals surface area (Å²) in [4.78, 5) is 21.7. The zero-order valence-electron chi connectivity index (χ0n) is 17.4. The molecule has 7 nitrogen and oxygen atoms in total. The molecule has 1 atom stereocenters. The van der Waals surface area contributed by atoms with E-state index in [1.54, 1.807) is 29.5 Å². The Morgan fingerprint density at radius 1 is 1.38 bits per heavy atom. The van der Waals surface area contributed by atoms with Crippen LogP contribution in [0.3, 0.4) is 0 Å². The molecule has 0 unspecified atom stereocenters. The fraction of sp³-hybridized carbons (Fsp3) is 0.476. The van der Waals surface area contributed by atoms with Gasteiger partial charge in [0.1, 0.15) is 10.8 Å². The topological polar surface area (TPSA) is 67.4 Å². The van der Waals surface area contributed by atoms with Crippen molar-refractivity contribution in [1.29, 1.82) is 0 Å². The zero-order valence-corrected chi connectivity index (χ0v) is 18.2. The lowest BCUT2D eigenvalue weighted by Gasteiger charge is -2.31. The molecule has 0 spiro atoms. The van der Waals surface area contributed by atoms with Crippen molar-refractivity contribution in [3.63, 3.8) is 0 Å².